The first-order chi connectivity index (χ1) is 10.6. The summed E-state index contributed by atoms with van der Waals surface area (Å²) in [5.74, 6) is -0.202. The van der Waals surface area contributed by atoms with E-state index in [1.807, 2.05) is 10.9 Å². The van der Waals surface area contributed by atoms with E-state index in [2.05, 4.69) is 35.4 Å². The maximum Gasteiger partial charge on any atom is 0.123 e. The van der Waals surface area contributed by atoms with Crippen molar-refractivity contribution in [2.24, 2.45) is 0 Å². The Hall–Kier alpha value is -1.72. The number of aromatic nitrogens is 2. The van der Waals surface area contributed by atoms with Crippen molar-refractivity contribution in [3.8, 4) is 0 Å². The van der Waals surface area contributed by atoms with Crippen molar-refractivity contribution < 1.29 is 4.39 Å². The van der Waals surface area contributed by atoms with Gasteiger partial charge >= 0.3 is 0 Å². The summed E-state index contributed by atoms with van der Waals surface area (Å²) in [5.41, 5.74) is 2.28. The number of hydrogen-bond donors (Lipinski definition) is 1. The molecule has 4 nitrogen and oxygen atoms in total. The highest BCUT2D eigenvalue weighted by Crippen LogP contribution is 2.11. The SMILES string of the molecule is CC1CN(Cc2cnn(Cc3ccc(F)cc3)c2)CC(C)N1. The number of benzene rings is 1. The van der Waals surface area contributed by atoms with Gasteiger partial charge < -0.3 is 5.32 Å². The normalized spacial score (nSPS) is 22.9. The van der Waals surface area contributed by atoms with Crippen molar-refractivity contribution >= 4 is 0 Å². The first kappa shape index (κ1) is 15.2. The lowest BCUT2D eigenvalue weighted by atomic mass is 10.1. The predicted octanol–water partition coefficient (Wildman–Crippen LogP) is 2.25. The fourth-order valence-electron chi connectivity index (χ4n) is 3.18. The van der Waals surface area contributed by atoms with Crippen LogP contribution < -0.4 is 5.32 Å². The van der Waals surface area contributed by atoms with Gasteiger partial charge in [-0.25, -0.2) is 4.39 Å². The zero-order valence-electron chi connectivity index (χ0n) is 13.2. The first-order valence-electron chi connectivity index (χ1n) is 7.82. The van der Waals surface area contributed by atoms with E-state index in [1.165, 1.54) is 17.7 Å². The molecule has 1 aliphatic rings. The fourth-order valence-corrected chi connectivity index (χ4v) is 3.18. The highest BCUT2D eigenvalue weighted by atomic mass is 19.1. The average molecular weight is 302 g/mol. The highest BCUT2D eigenvalue weighted by Gasteiger charge is 2.21. The summed E-state index contributed by atoms with van der Waals surface area (Å²) in [7, 11) is 0. The number of hydrogen-bond acceptors (Lipinski definition) is 3. The molecule has 0 saturated carbocycles. The van der Waals surface area contributed by atoms with Crippen LogP contribution >= 0.6 is 0 Å². The largest absolute Gasteiger partial charge is 0.309 e. The summed E-state index contributed by atoms with van der Waals surface area (Å²) in [5, 5.41) is 7.96. The lowest BCUT2D eigenvalue weighted by molar-refractivity contribution is 0.166. The molecule has 1 N–H and O–H groups in total. The van der Waals surface area contributed by atoms with Gasteiger partial charge in [-0.15, -0.1) is 0 Å². The third-order valence-corrected chi connectivity index (χ3v) is 3.98. The van der Waals surface area contributed by atoms with Gasteiger partial charge in [-0.2, -0.15) is 5.10 Å². The van der Waals surface area contributed by atoms with Gasteiger partial charge in [-0.05, 0) is 31.5 Å². The predicted molar refractivity (Wildman–Crippen MR) is 85.1 cm³/mol. The zero-order valence-corrected chi connectivity index (χ0v) is 13.2. The van der Waals surface area contributed by atoms with E-state index in [9.17, 15) is 4.39 Å². The van der Waals surface area contributed by atoms with Gasteiger partial charge in [0, 0.05) is 43.5 Å². The van der Waals surface area contributed by atoms with Gasteiger partial charge in [0.05, 0.1) is 12.7 Å². The third kappa shape index (κ3) is 3.93. The standard InChI is InChI=1S/C17H23FN4/c1-13-8-21(9-14(2)20-13)10-16-7-19-22(12-16)11-15-3-5-17(18)6-4-15/h3-7,12-14,20H,8-11H2,1-2H3. The van der Waals surface area contributed by atoms with E-state index < -0.39 is 0 Å². The Morgan fingerprint density at radius 2 is 1.77 bits per heavy atom. The number of nitrogens with one attached hydrogen (secondary N) is 1. The van der Waals surface area contributed by atoms with Gasteiger partial charge in [0.25, 0.3) is 0 Å². The highest BCUT2D eigenvalue weighted by molar-refractivity contribution is 5.17. The van der Waals surface area contributed by atoms with Crippen molar-refractivity contribution in [2.75, 3.05) is 13.1 Å². The van der Waals surface area contributed by atoms with Crippen molar-refractivity contribution in [3.63, 3.8) is 0 Å². The van der Waals surface area contributed by atoms with E-state index in [1.54, 1.807) is 12.1 Å². The van der Waals surface area contributed by atoms with Crippen LogP contribution in [0, 0.1) is 5.82 Å². The van der Waals surface area contributed by atoms with E-state index in [4.69, 9.17) is 0 Å². The Morgan fingerprint density at radius 3 is 2.45 bits per heavy atom. The molecule has 3 rings (SSSR count). The Balaban J connectivity index is 1.60. The molecule has 1 aromatic heterocycles. The van der Waals surface area contributed by atoms with Crippen LogP contribution in [0.1, 0.15) is 25.0 Å². The van der Waals surface area contributed by atoms with Crippen LogP contribution in [0.5, 0.6) is 0 Å². The maximum absolute atomic E-state index is 12.9. The Morgan fingerprint density at radius 1 is 1.09 bits per heavy atom. The summed E-state index contributed by atoms with van der Waals surface area (Å²) in [4.78, 5) is 2.46. The minimum atomic E-state index is -0.202. The Kier molecular flexibility index (Phi) is 4.55. The molecule has 1 fully saturated rings. The van der Waals surface area contributed by atoms with E-state index in [0.29, 0.717) is 18.6 Å². The van der Waals surface area contributed by atoms with Crippen LogP contribution in [0.25, 0.3) is 0 Å². The van der Waals surface area contributed by atoms with Gasteiger partial charge in [0.1, 0.15) is 5.82 Å². The molecule has 0 spiro atoms. The summed E-state index contributed by atoms with van der Waals surface area (Å²) in [6.45, 7) is 8.18. The topological polar surface area (TPSA) is 33.1 Å². The molecular formula is C17H23FN4. The molecular weight excluding hydrogens is 279 g/mol. The summed E-state index contributed by atoms with van der Waals surface area (Å²) < 4.78 is 14.8. The molecule has 5 heteroatoms. The van der Waals surface area contributed by atoms with Crippen LogP contribution in [0.15, 0.2) is 36.7 Å². The van der Waals surface area contributed by atoms with E-state index in [-0.39, 0.29) is 5.82 Å². The lowest BCUT2D eigenvalue weighted by Gasteiger charge is -2.35. The molecule has 1 aliphatic heterocycles. The Labute approximate surface area is 130 Å². The smallest absolute Gasteiger partial charge is 0.123 e. The van der Waals surface area contributed by atoms with Crippen LogP contribution in [-0.4, -0.2) is 39.9 Å². The van der Waals surface area contributed by atoms with Crippen LogP contribution in [-0.2, 0) is 13.1 Å². The quantitative estimate of drug-likeness (QED) is 0.940. The molecule has 0 amide bonds. The molecule has 2 atom stereocenters. The summed E-state index contributed by atoms with van der Waals surface area (Å²) in [6, 6.07) is 7.63. The fraction of sp³-hybridized carbons (Fsp3) is 0.471. The maximum atomic E-state index is 12.9. The summed E-state index contributed by atoms with van der Waals surface area (Å²) >= 11 is 0. The number of halogens is 1. The van der Waals surface area contributed by atoms with Crippen molar-refractivity contribution in [1.82, 2.24) is 20.0 Å². The van der Waals surface area contributed by atoms with Crippen molar-refractivity contribution in [3.05, 3.63) is 53.6 Å². The molecule has 1 saturated heterocycles. The Bertz CT molecular complexity index is 597. The molecule has 22 heavy (non-hydrogen) atoms. The molecule has 2 unspecified atom stereocenters. The molecule has 0 bridgehead atoms. The average Bonchev–Trinajstić information content (AvgIpc) is 2.87. The molecule has 2 aromatic rings. The van der Waals surface area contributed by atoms with Gasteiger partial charge in [-0.3, -0.25) is 9.58 Å². The van der Waals surface area contributed by atoms with E-state index >= 15 is 0 Å². The third-order valence-electron chi connectivity index (χ3n) is 3.98. The van der Waals surface area contributed by atoms with Crippen LogP contribution in [0.3, 0.4) is 0 Å². The lowest BCUT2D eigenvalue weighted by Crippen LogP contribution is -2.53. The molecule has 118 valence electrons. The molecule has 0 aliphatic carbocycles. The van der Waals surface area contributed by atoms with Crippen LogP contribution in [0.2, 0.25) is 0 Å². The first-order valence-corrected chi connectivity index (χ1v) is 7.82. The zero-order chi connectivity index (χ0) is 15.5. The van der Waals surface area contributed by atoms with Crippen LogP contribution in [0.4, 0.5) is 4.39 Å². The summed E-state index contributed by atoms with van der Waals surface area (Å²) in [6.07, 6.45) is 4.02. The van der Waals surface area contributed by atoms with Crippen molar-refractivity contribution in [1.29, 1.82) is 0 Å². The number of piperazine rings is 1. The van der Waals surface area contributed by atoms with Gasteiger partial charge in [0.2, 0.25) is 0 Å². The second-order valence-electron chi connectivity index (χ2n) is 6.34. The van der Waals surface area contributed by atoms with E-state index in [0.717, 1.165) is 25.2 Å². The minimum Gasteiger partial charge on any atom is -0.309 e. The second-order valence-corrected chi connectivity index (χ2v) is 6.34. The minimum absolute atomic E-state index is 0.202. The van der Waals surface area contributed by atoms with Gasteiger partial charge in [0.15, 0.2) is 0 Å². The number of rotatable bonds is 4. The molecule has 0 radical (unpaired) electrons. The second kappa shape index (κ2) is 6.58. The van der Waals surface area contributed by atoms with Gasteiger partial charge in [-0.1, -0.05) is 12.1 Å². The molecule has 1 aromatic carbocycles. The van der Waals surface area contributed by atoms with Crippen molar-refractivity contribution in [2.45, 2.75) is 39.0 Å². The monoisotopic (exact) mass is 302 g/mol. The molecule has 2 heterocycles. The number of nitrogens with zero attached hydrogens (tertiary/aromatic N) is 3.